The number of nitrogens with one attached hydrogen (secondary N) is 9. The smallest absolute Gasteiger partial charge is 0.325 e. The largest absolute Gasteiger partial charge is 0.480 e. The number of aliphatic carboxylic acids is 1. The van der Waals surface area contributed by atoms with Crippen molar-refractivity contribution in [1.82, 2.24) is 47.9 Å². The number of amides is 9. The molecule has 0 aromatic rings. The van der Waals surface area contributed by atoms with E-state index in [1.807, 2.05) is 0 Å². The lowest BCUT2D eigenvalue weighted by atomic mass is 10.2. The molecule has 46 heavy (non-hydrogen) atoms. The van der Waals surface area contributed by atoms with Gasteiger partial charge in [-0.3, -0.25) is 47.9 Å². The van der Waals surface area contributed by atoms with Crippen molar-refractivity contribution in [2.24, 2.45) is 5.73 Å². The minimum absolute atomic E-state index is 0.317. The van der Waals surface area contributed by atoms with Crippen LogP contribution in [0, 0.1) is 0 Å². The van der Waals surface area contributed by atoms with E-state index in [0.29, 0.717) is 0 Å². The summed E-state index contributed by atoms with van der Waals surface area (Å²) in [6, 6.07) is -5.46. The van der Waals surface area contributed by atoms with E-state index in [9.17, 15) is 47.9 Å². The summed E-state index contributed by atoms with van der Waals surface area (Å²) in [5.74, 6) is -7.77. The lowest BCUT2D eigenvalue weighted by Crippen LogP contribution is -2.53. The van der Waals surface area contributed by atoms with Crippen LogP contribution in [0.1, 0.15) is 34.6 Å². The van der Waals surface area contributed by atoms with Crippen molar-refractivity contribution in [3.63, 3.8) is 0 Å². The van der Waals surface area contributed by atoms with Gasteiger partial charge in [0.15, 0.2) is 0 Å². The molecule has 0 fully saturated rings. The molecule has 0 aliphatic heterocycles. The summed E-state index contributed by atoms with van der Waals surface area (Å²) in [5.41, 5.74) is 5.15. The highest BCUT2D eigenvalue weighted by atomic mass is 16.4. The van der Waals surface area contributed by atoms with Gasteiger partial charge in [-0.1, -0.05) is 0 Å². The molecular formula is C25H42N10O11. The Labute approximate surface area is 263 Å². The third-order valence-corrected chi connectivity index (χ3v) is 5.71. The molecule has 0 spiro atoms. The molecule has 12 N–H and O–H groups in total. The number of nitrogens with two attached hydrogens (primary N) is 1. The number of rotatable bonds is 19. The van der Waals surface area contributed by atoms with E-state index in [1.165, 1.54) is 34.6 Å². The Balaban J connectivity index is 4.41. The zero-order chi connectivity index (χ0) is 35.6. The van der Waals surface area contributed by atoms with Gasteiger partial charge in [0.05, 0.1) is 32.7 Å². The summed E-state index contributed by atoms with van der Waals surface area (Å²) in [4.78, 5) is 118. The molecule has 0 aliphatic rings. The first-order valence-corrected chi connectivity index (χ1v) is 13.9. The van der Waals surface area contributed by atoms with Gasteiger partial charge in [0, 0.05) is 0 Å². The first-order chi connectivity index (χ1) is 21.4. The monoisotopic (exact) mass is 658 g/mol. The first-order valence-electron chi connectivity index (χ1n) is 13.9. The minimum atomic E-state index is -1.26. The highest BCUT2D eigenvalue weighted by Crippen LogP contribution is 1.88. The van der Waals surface area contributed by atoms with Gasteiger partial charge in [-0.15, -0.1) is 0 Å². The van der Waals surface area contributed by atoms with E-state index in [4.69, 9.17) is 10.8 Å². The maximum absolute atomic E-state index is 12.2. The van der Waals surface area contributed by atoms with E-state index in [2.05, 4.69) is 47.9 Å². The second-order valence-corrected chi connectivity index (χ2v) is 9.86. The van der Waals surface area contributed by atoms with Gasteiger partial charge >= 0.3 is 5.97 Å². The molecule has 0 aromatic carbocycles. The molecule has 0 rings (SSSR count). The Hall–Kier alpha value is -5.34. The number of carboxylic acids is 1. The van der Waals surface area contributed by atoms with Gasteiger partial charge in [0.25, 0.3) is 0 Å². The lowest BCUT2D eigenvalue weighted by molar-refractivity contribution is -0.141. The molecule has 5 atom stereocenters. The maximum atomic E-state index is 12.2. The summed E-state index contributed by atoms with van der Waals surface area (Å²) in [6.07, 6.45) is 0. The number of carbonyl (C=O) groups is 10. The Kier molecular flexibility index (Phi) is 18.2. The molecule has 0 saturated heterocycles. The van der Waals surface area contributed by atoms with Crippen LogP contribution in [0.2, 0.25) is 0 Å². The molecule has 0 aliphatic carbocycles. The van der Waals surface area contributed by atoms with Crippen LogP contribution in [0.3, 0.4) is 0 Å². The molecule has 0 heterocycles. The molecule has 0 aromatic heterocycles. The first kappa shape index (κ1) is 40.7. The van der Waals surface area contributed by atoms with Crippen molar-refractivity contribution >= 4 is 59.1 Å². The van der Waals surface area contributed by atoms with Crippen LogP contribution in [-0.2, 0) is 47.9 Å². The fourth-order valence-electron chi connectivity index (χ4n) is 3.08. The summed E-state index contributed by atoms with van der Waals surface area (Å²) in [5, 5.41) is 29.1. The number of hydrogen-bond acceptors (Lipinski definition) is 11. The van der Waals surface area contributed by atoms with Gasteiger partial charge < -0.3 is 58.7 Å². The normalized spacial score (nSPS) is 13.5. The maximum Gasteiger partial charge on any atom is 0.325 e. The molecule has 0 unspecified atom stereocenters. The second-order valence-electron chi connectivity index (χ2n) is 9.86. The van der Waals surface area contributed by atoms with Gasteiger partial charge in [-0.25, -0.2) is 0 Å². The molecule has 9 amide bonds. The van der Waals surface area contributed by atoms with Crippen molar-refractivity contribution in [2.45, 2.75) is 64.8 Å². The summed E-state index contributed by atoms with van der Waals surface area (Å²) < 4.78 is 0. The Morgan fingerprint density at radius 3 is 0.870 bits per heavy atom. The quantitative estimate of drug-likeness (QED) is 0.0617. The lowest BCUT2D eigenvalue weighted by Gasteiger charge is -2.17. The van der Waals surface area contributed by atoms with Crippen LogP contribution in [0.15, 0.2) is 0 Å². The highest BCUT2D eigenvalue weighted by molar-refractivity contribution is 5.95. The standard InChI is InChI=1S/C25H42N10O11/c1-11(31-16(36)6-26)21(41)27-7-17(37)32-12(2)22(42)28-8-18(38)33-13(3)23(43)29-9-19(39)34-14(4)24(44)30-10-20(40)35-15(5)25(45)46/h11-15H,6-10,26H2,1-5H3,(H,27,41)(H,28,42)(H,29,43)(H,30,44)(H,31,36)(H,32,37)(H,33,38)(H,34,39)(H,35,40)(H,45,46)/t11-,12-,13-,14-,15-/m0/s1. The summed E-state index contributed by atoms with van der Waals surface area (Å²) in [7, 11) is 0. The fraction of sp³-hybridized carbons (Fsp3) is 0.600. The van der Waals surface area contributed by atoms with Crippen LogP contribution in [0.5, 0.6) is 0 Å². The summed E-state index contributed by atoms with van der Waals surface area (Å²) >= 11 is 0. The minimum Gasteiger partial charge on any atom is -0.480 e. The van der Waals surface area contributed by atoms with Crippen LogP contribution in [-0.4, -0.2) is 127 Å². The molecule has 258 valence electrons. The molecule has 21 heteroatoms. The zero-order valence-corrected chi connectivity index (χ0v) is 26.0. The van der Waals surface area contributed by atoms with Crippen molar-refractivity contribution in [2.75, 3.05) is 32.7 Å². The summed E-state index contributed by atoms with van der Waals surface area (Å²) in [6.45, 7) is 4.08. The van der Waals surface area contributed by atoms with E-state index in [0.717, 1.165) is 0 Å². The van der Waals surface area contributed by atoms with Crippen LogP contribution in [0.25, 0.3) is 0 Å². The van der Waals surface area contributed by atoms with Crippen molar-refractivity contribution in [3.8, 4) is 0 Å². The molecular weight excluding hydrogens is 616 g/mol. The van der Waals surface area contributed by atoms with Crippen molar-refractivity contribution in [3.05, 3.63) is 0 Å². The molecule has 0 saturated carbocycles. The number of carbonyl (C=O) groups excluding carboxylic acids is 9. The Morgan fingerprint density at radius 2 is 0.652 bits per heavy atom. The Morgan fingerprint density at radius 1 is 0.435 bits per heavy atom. The third-order valence-electron chi connectivity index (χ3n) is 5.71. The van der Waals surface area contributed by atoms with Crippen LogP contribution >= 0.6 is 0 Å². The second kappa shape index (κ2) is 20.6. The highest BCUT2D eigenvalue weighted by Gasteiger charge is 2.22. The van der Waals surface area contributed by atoms with E-state index < -0.39 is 116 Å². The average Bonchev–Trinajstić information content (AvgIpc) is 2.99. The topological polar surface area (TPSA) is 325 Å². The van der Waals surface area contributed by atoms with Crippen LogP contribution in [0.4, 0.5) is 0 Å². The van der Waals surface area contributed by atoms with Gasteiger partial charge in [-0.05, 0) is 34.6 Å². The van der Waals surface area contributed by atoms with E-state index in [-0.39, 0.29) is 6.54 Å². The van der Waals surface area contributed by atoms with Crippen LogP contribution < -0.4 is 53.6 Å². The molecule has 0 radical (unpaired) electrons. The zero-order valence-electron chi connectivity index (χ0n) is 26.0. The van der Waals surface area contributed by atoms with Gasteiger partial charge in [0.2, 0.25) is 53.2 Å². The number of carboxylic acid groups (broad SMARTS) is 1. The molecule has 0 bridgehead atoms. The predicted molar refractivity (Wildman–Crippen MR) is 157 cm³/mol. The Bertz CT molecular complexity index is 1180. The fourth-order valence-corrected chi connectivity index (χ4v) is 3.08. The van der Waals surface area contributed by atoms with Crippen molar-refractivity contribution in [1.29, 1.82) is 0 Å². The third kappa shape index (κ3) is 17.1. The van der Waals surface area contributed by atoms with Gasteiger partial charge in [0.1, 0.15) is 30.2 Å². The average molecular weight is 659 g/mol. The van der Waals surface area contributed by atoms with Gasteiger partial charge in [-0.2, -0.15) is 0 Å². The molecule has 21 nitrogen and oxygen atoms in total. The number of hydrogen-bond donors (Lipinski definition) is 11. The van der Waals surface area contributed by atoms with E-state index in [1.54, 1.807) is 0 Å². The predicted octanol–water partition coefficient (Wildman–Crippen LogP) is -6.98. The SMILES string of the molecule is C[C@H](NC(=O)CNC(=O)[C@H](C)NC(=O)CNC(=O)[C@H](C)NC(=O)CNC(=O)[C@H](C)NC(=O)CNC(=O)[C@H](C)NC(=O)CN)C(=O)O. The van der Waals surface area contributed by atoms with E-state index >= 15 is 0 Å². The van der Waals surface area contributed by atoms with Crippen molar-refractivity contribution < 1.29 is 53.1 Å².